The van der Waals surface area contributed by atoms with Crippen LogP contribution in [0, 0.1) is 0 Å². The maximum absolute atomic E-state index is 11.6. The van der Waals surface area contributed by atoms with E-state index in [0.29, 0.717) is 13.1 Å². The summed E-state index contributed by atoms with van der Waals surface area (Å²) in [5.74, 6) is 0.0589. The molecule has 4 heteroatoms. The second-order valence-corrected chi connectivity index (χ2v) is 4.99. The third-order valence-electron chi connectivity index (χ3n) is 2.49. The maximum atomic E-state index is 11.6. The molecular formula is C13H16N2OS. The van der Waals surface area contributed by atoms with Gasteiger partial charge in [-0.15, -0.1) is 0 Å². The second kappa shape index (κ2) is 5.89. The van der Waals surface area contributed by atoms with Crippen molar-refractivity contribution in [1.29, 1.82) is 0 Å². The highest BCUT2D eigenvalue weighted by Gasteiger charge is 2.19. The molecule has 0 spiro atoms. The third-order valence-corrected chi connectivity index (χ3v) is 3.51. The molecule has 1 aromatic rings. The Hall–Kier alpha value is -1.26. The van der Waals surface area contributed by atoms with E-state index in [-0.39, 0.29) is 5.91 Å². The van der Waals surface area contributed by atoms with Gasteiger partial charge in [-0.25, -0.2) is 4.31 Å². The van der Waals surface area contributed by atoms with Crippen LogP contribution in [0.2, 0.25) is 0 Å². The lowest BCUT2D eigenvalue weighted by Crippen LogP contribution is -2.26. The van der Waals surface area contributed by atoms with E-state index in [0.717, 1.165) is 12.1 Å². The van der Waals surface area contributed by atoms with E-state index in [2.05, 4.69) is 21.8 Å². The molecule has 0 radical (unpaired) electrons. The van der Waals surface area contributed by atoms with Crippen molar-refractivity contribution in [2.75, 3.05) is 19.6 Å². The SMILES string of the molecule is CCNC(=O)C1=CCN(Sc2ccccc2)C1. The highest BCUT2D eigenvalue weighted by molar-refractivity contribution is 7.97. The van der Waals surface area contributed by atoms with Gasteiger partial charge < -0.3 is 5.32 Å². The van der Waals surface area contributed by atoms with Gasteiger partial charge in [0.2, 0.25) is 5.91 Å². The molecule has 3 nitrogen and oxygen atoms in total. The number of hydrogen-bond acceptors (Lipinski definition) is 3. The standard InChI is InChI=1S/C13H16N2OS/c1-2-14-13(16)11-8-9-15(10-11)17-12-6-4-3-5-7-12/h3-8H,2,9-10H2,1H3,(H,14,16). The summed E-state index contributed by atoms with van der Waals surface area (Å²) in [4.78, 5) is 12.8. The molecule has 2 rings (SSSR count). The summed E-state index contributed by atoms with van der Waals surface area (Å²) >= 11 is 1.69. The third kappa shape index (κ3) is 3.35. The van der Waals surface area contributed by atoms with Gasteiger partial charge >= 0.3 is 0 Å². The highest BCUT2D eigenvalue weighted by Crippen LogP contribution is 2.26. The second-order valence-electron chi connectivity index (χ2n) is 3.82. The van der Waals surface area contributed by atoms with E-state index in [1.807, 2.05) is 31.2 Å². The Morgan fingerprint density at radius 3 is 2.88 bits per heavy atom. The average Bonchev–Trinajstić information content (AvgIpc) is 2.79. The molecule has 0 saturated heterocycles. The minimum absolute atomic E-state index is 0.0589. The minimum atomic E-state index is 0.0589. The van der Waals surface area contributed by atoms with Crippen molar-refractivity contribution in [3.63, 3.8) is 0 Å². The molecule has 0 saturated carbocycles. The van der Waals surface area contributed by atoms with Crippen LogP contribution in [0.25, 0.3) is 0 Å². The molecule has 1 aromatic carbocycles. The van der Waals surface area contributed by atoms with Gasteiger partial charge in [0.25, 0.3) is 0 Å². The Bertz CT molecular complexity index is 417. The fraction of sp³-hybridized carbons (Fsp3) is 0.308. The fourth-order valence-electron chi connectivity index (χ4n) is 1.67. The molecule has 1 aliphatic rings. The Balaban J connectivity index is 1.87. The van der Waals surface area contributed by atoms with Crippen LogP contribution >= 0.6 is 11.9 Å². The van der Waals surface area contributed by atoms with E-state index in [4.69, 9.17) is 0 Å². The Kier molecular flexibility index (Phi) is 4.23. The first-order valence-corrected chi connectivity index (χ1v) is 6.52. The Morgan fingerprint density at radius 1 is 1.41 bits per heavy atom. The van der Waals surface area contributed by atoms with Crippen LogP contribution in [0.15, 0.2) is 46.9 Å². The number of benzene rings is 1. The Morgan fingerprint density at radius 2 is 2.18 bits per heavy atom. The monoisotopic (exact) mass is 248 g/mol. The van der Waals surface area contributed by atoms with Gasteiger partial charge in [-0.3, -0.25) is 4.79 Å². The number of rotatable bonds is 4. The van der Waals surface area contributed by atoms with Gasteiger partial charge in [-0.05, 0) is 31.0 Å². The molecule has 17 heavy (non-hydrogen) atoms. The van der Waals surface area contributed by atoms with Crippen LogP contribution in [0.4, 0.5) is 0 Å². The van der Waals surface area contributed by atoms with Crippen molar-refractivity contribution in [1.82, 2.24) is 9.62 Å². The van der Waals surface area contributed by atoms with Crippen molar-refractivity contribution >= 4 is 17.9 Å². The molecule has 1 N–H and O–H groups in total. The smallest absolute Gasteiger partial charge is 0.248 e. The van der Waals surface area contributed by atoms with Gasteiger partial charge in [-0.2, -0.15) is 0 Å². The largest absolute Gasteiger partial charge is 0.353 e. The molecule has 1 heterocycles. The van der Waals surface area contributed by atoms with Gasteiger partial charge in [-0.1, -0.05) is 24.3 Å². The molecule has 1 amide bonds. The first kappa shape index (κ1) is 12.2. The van der Waals surface area contributed by atoms with Gasteiger partial charge in [0, 0.05) is 30.1 Å². The van der Waals surface area contributed by atoms with Crippen molar-refractivity contribution < 1.29 is 4.79 Å². The normalized spacial score (nSPS) is 15.7. The first-order valence-electron chi connectivity index (χ1n) is 5.75. The quantitative estimate of drug-likeness (QED) is 0.828. The van der Waals surface area contributed by atoms with Crippen molar-refractivity contribution in [3.05, 3.63) is 42.0 Å². The van der Waals surface area contributed by atoms with Crippen molar-refractivity contribution in [2.24, 2.45) is 0 Å². The van der Waals surface area contributed by atoms with E-state index in [9.17, 15) is 4.79 Å². The van der Waals surface area contributed by atoms with Crippen molar-refractivity contribution in [2.45, 2.75) is 11.8 Å². The number of carbonyl (C=O) groups is 1. The molecule has 0 aliphatic carbocycles. The average molecular weight is 248 g/mol. The number of likely N-dealkylation sites (N-methyl/N-ethyl adjacent to an activating group) is 1. The van der Waals surface area contributed by atoms with E-state index < -0.39 is 0 Å². The fourth-order valence-corrected chi connectivity index (χ4v) is 2.60. The summed E-state index contributed by atoms with van der Waals surface area (Å²) in [7, 11) is 0. The number of amides is 1. The van der Waals surface area contributed by atoms with Crippen LogP contribution < -0.4 is 5.32 Å². The maximum Gasteiger partial charge on any atom is 0.248 e. The Labute approximate surface area is 106 Å². The number of nitrogens with zero attached hydrogens (tertiary/aromatic N) is 1. The van der Waals surface area contributed by atoms with E-state index in [1.54, 1.807) is 11.9 Å². The molecule has 0 bridgehead atoms. The number of hydrogen-bond donors (Lipinski definition) is 1. The van der Waals surface area contributed by atoms with Crippen LogP contribution in [-0.2, 0) is 4.79 Å². The van der Waals surface area contributed by atoms with E-state index >= 15 is 0 Å². The predicted molar refractivity (Wildman–Crippen MR) is 70.6 cm³/mol. The van der Waals surface area contributed by atoms with Crippen LogP contribution in [0.5, 0.6) is 0 Å². The lowest BCUT2D eigenvalue weighted by atomic mass is 10.3. The topological polar surface area (TPSA) is 32.3 Å². The summed E-state index contributed by atoms with van der Waals surface area (Å²) in [6, 6.07) is 10.2. The molecule has 90 valence electrons. The van der Waals surface area contributed by atoms with Gasteiger partial charge in [0.15, 0.2) is 0 Å². The summed E-state index contributed by atoms with van der Waals surface area (Å²) in [5.41, 5.74) is 0.871. The van der Waals surface area contributed by atoms with Crippen LogP contribution in [0.1, 0.15) is 6.92 Å². The van der Waals surface area contributed by atoms with Gasteiger partial charge in [0.05, 0.1) is 0 Å². The molecule has 0 fully saturated rings. The zero-order valence-electron chi connectivity index (χ0n) is 9.85. The first-order chi connectivity index (χ1) is 8.29. The molecular weight excluding hydrogens is 232 g/mol. The van der Waals surface area contributed by atoms with E-state index in [1.165, 1.54) is 4.90 Å². The van der Waals surface area contributed by atoms with Gasteiger partial charge in [0.1, 0.15) is 0 Å². The van der Waals surface area contributed by atoms with Crippen molar-refractivity contribution in [3.8, 4) is 0 Å². The molecule has 0 atom stereocenters. The van der Waals surface area contributed by atoms with Crippen LogP contribution in [-0.4, -0.2) is 29.8 Å². The summed E-state index contributed by atoms with van der Waals surface area (Å²) in [6.45, 7) is 4.16. The molecule has 1 aliphatic heterocycles. The lowest BCUT2D eigenvalue weighted by Gasteiger charge is -2.14. The molecule has 0 aromatic heterocycles. The molecule has 0 unspecified atom stereocenters. The zero-order chi connectivity index (χ0) is 12.1. The summed E-state index contributed by atoms with van der Waals surface area (Å²) in [6.07, 6.45) is 2.00. The zero-order valence-corrected chi connectivity index (χ0v) is 10.7. The predicted octanol–water partition coefficient (Wildman–Crippen LogP) is 2.07. The number of carbonyl (C=O) groups excluding carboxylic acids is 1. The highest BCUT2D eigenvalue weighted by atomic mass is 32.2. The van der Waals surface area contributed by atoms with Crippen LogP contribution in [0.3, 0.4) is 0 Å². The minimum Gasteiger partial charge on any atom is -0.353 e. The summed E-state index contributed by atoms with van der Waals surface area (Å²) in [5, 5.41) is 2.83. The lowest BCUT2D eigenvalue weighted by molar-refractivity contribution is -0.117. The number of nitrogens with one attached hydrogen (secondary N) is 1. The summed E-state index contributed by atoms with van der Waals surface area (Å²) < 4.78 is 2.18.